The average molecular weight is 278 g/mol. The van der Waals surface area contributed by atoms with E-state index in [0.29, 0.717) is 0 Å². The van der Waals surface area contributed by atoms with Gasteiger partial charge in [-0.25, -0.2) is 4.79 Å². The fourth-order valence-electron chi connectivity index (χ4n) is 0. The predicted molar refractivity (Wildman–Crippen MR) is 55.8 cm³/mol. The third kappa shape index (κ3) is 101. The average Bonchev–Trinajstić information content (AvgIpc) is 0.811. The van der Waals surface area contributed by atoms with E-state index in [9.17, 15) is 0 Å². The van der Waals surface area contributed by atoms with Gasteiger partial charge in [0, 0.05) is 0 Å². The quantitative estimate of drug-likeness (QED) is 0.469. The Morgan fingerprint density at radius 3 is 0.900 bits per heavy atom. The van der Waals surface area contributed by atoms with Crippen LogP contribution in [0.4, 0.5) is 4.79 Å². The van der Waals surface area contributed by atoms with Crippen LogP contribution in [0, 0.1) is 0 Å². The number of carbonyl (C=O) groups is 1. The van der Waals surface area contributed by atoms with Gasteiger partial charge in [0.15, 0.2) is 0 Å². The second-order valence-corrected chi connectivity index (χ2v) is 0.283. The maximum absolute atomic E-state index is 8.56. The second-order valence-electron chi connectivity index (χ2n) is 0.283. The molecule has 10 heavy (non-hydrogen) atoms. The molecule has 0 aromatic heterocycles. The minimum atomic E-state index is -1.83. The molecule has 0 amide bonds. The van der Waals surface area contributed by atoms with E-state index < -0.39 is 6.16 Å². The van der Waals surface area contributed by atoms with Gasteiger partial charge in [-0.3, -0.25) is 0 Å². The van der Waals surface area contributed by atoms with Crippen LogP contribution in [0.1, 0.15) is 0 Å². The van der Waals surface area contributed by atoms with Crippen LogP contribution >= 0.6 is 24.8 Å². The van der Waals surface area contributed by atoms with Crippen molar-refractivity contribution in [2.75, 3.05) is 0 Å². The molecule has 0 unspecified atom stereocenters. The molecule has 5 N–H and O–H groups in total. The topological polar surface area (TPSA) is 92.5 Å². The number of carboxylic acid groups (broad SMARTS) is 2. The van der Waals surface area contributed by atoms with Crippen molar-refractivity contribution in [1.29, 1.82) is 0 Å². The summed E-state index contributed by atoms with van der Waals surface area (Å²) in [6.45, 7) is 0. The summed E-state index contributed by atoms with van der Waals surface area (Å²) >= 11 is 0. The molecule has 0 aliphatic heterocycles. The molecule has 9 heteroatoms. The van der Waals surface area contributed by atoms with Gasteiger partial charge in [-0.15, -0.1) is 24.8 Å². The Labute approximate surface area is 161 Å². The van der Waals surface area contributed by atoms with E-state index in [4.69, 9.17) is 15.0 Å². The monoisotopic (exact) mass is 277 g/mol. The molecule has 0 radical (unpaired) electrons. The predicted octanol–water partition coefficient (Wildman–Crippen LogP) is -1.52. The zero-order valence-corrected chi connectivity index (χ0v) is 4.96. The van der Waals surface area contributed by atoms with Crippen LogP contribution in [-0.4, -0.2) is 130 Å². The van der Waals surface area contributed by atoms with Crippen molar-refractivity contribution < 1.29 is 15.0 Å². The molecule has 0 heterocycles. The summed E-state index contributed by atoms with van der Waals surface area (Å²) < 4.78 is 0. The van der Waals surface area contributed by atoms with E-state index in [2.05, 4.69) is 0 Å². The third-order valence-corrected chi connectivity index (χ3v) is 0. The van der Waals surface area contributed by atoms with E-state index in [-0.39, 0.29) is 144 Å². The van der Waals surface area contributed by atoms with Gasteiger partial charge in [-0.05, 0) is 0 Å². The van der Waals surface area contributed by atoms with E-state index >= 15 is 0 Å². The Balaban J connectivity index is -0.00000000300. The molecular formula is CH13Ca3Cl2NO3. The van der Waals surface area contributed by atoms with Crippen LogP contribution in [0.5, 0.6) is 0 Å². The van der Waals surface area contributed by atoms with Crippen LogP contribution in [0.25, 0.3) is 0 Å². The van der Waals surface area contributed by atoms with E-state index in [0.717, 1.165) is 0 Å². The molecule has 0 atom stereocenters. The van der Waals surface area contributed by atoms with Crippen molar-refractivity contribution in [3.05, 3.63) is 0 Å². The van der Waals surface area contributed by atoms with Crippen molar-refractivity contribution in [2.24, 2.45) is 0 Å². The van der Waals surface area contributed by atoms with Gasteiger partial charge in [0.25, 0.3) is 0 Å². The van der Waals surface area contributed by atoms with Crippen LogP contribution in [0.2, 0.25) is 0 Å². The Hall–Kier alpha value is 3.59. The number of hydrogen-bond donors (Lipinski definition) is 3. The van der Waals surface area contributed by atoms with Crippen molar-refractivity contribution >= 4 is 144 Å². The van der Waals surface area contributed by atoms with Crippen molar-refractivity contribution in [1.82, 2.24) is 6.15 Å². The molecule has 60 valence electrons. The Morgan fingerprint density at radius 1 is 0.900 bits per heavy atom. The first-order valence-electron chi connectivity index (χ1n) is 0.651. The van der Waals surface area contributed by atoms with Crippen LogP contribution in [0.15, 0.2) is 0 Å². The Kier molecular flexibility index (Phi) is 193. The van der Waals surface area contributed by atoms with Crippen LogP contribution in [0.3, 0.4) is 0 Å². The Morgan fingerprint density at radius 2 is 0.900 bits per heavy atom. The maximum atomic E-state index is 8.56. The molecule has 0 fully saturated rings. The van der Waals surface area contributed by atoms with Gasteiger partial charge in [0.05, 0.1) is 0 Å². The number of hydrogen-bond acceptors (Lipinski definition) is 2. The zero-order valence-electron chi connectivity index (χ0n) is 3.33. The molecule has 0 spiro atoms. The molecule has 0 bridgehead atoms. The summed E-state index contributed by atoms with van der Waals surface area (Å²) in [5.41, 5.74) is 0. The minimum absolute atomic E-state index is 0. The van der Waals surface area contributed by atoms with Crippen molar-refractivity contribution in [3.8, 4) is 0 Å². The van der Waals surface area contributed by atoms with Gasteiger partial charge < -0.3 is 16.4 Å². The van der Waals surface area contributed by atoms with E-state index in [1.54, 1.807) is 0 Å². The molecule has 0 aliphatic rings. The molecule has 4 nitrogen and oxygen atoms in total. The molecule has 0 aromatic carbocycles. The normalized spacial score (nSPS) is 2.40. The van der Waals surface area contributed by atoms with Crippen LogP contribution < -0.4 is 6.15 Å². The molecule has 0 aromatic rings. The molecule has 0 aliphatic carbocycles. The summed E-state index contributed by atoms with van der Waals surface area (Å²) in [5, 5.41) is 13.9. The van der Waals surface area contributed by atoms with Gasteiger partial charge in [0.1, 0.15) is 0 Å². The second kappa shape index (κ2) is 38.9. The van der Waals surface area contributed by atoms with E-state index in [1.807, 2.05) is 0 Å². The first-order chi connectivity index (χ1) is 1.73. The first-order valence-corrected chi connectivity index (χ1v) is 0.651. The van der Waals surface area contributed by atoms with Gasteiger partial charge >= 0.3 is 119 Å². The van der Waals surface area contributed by atoms with Crippen molar-refractivity contribution in [3.63, 3.8) is 0 Å². The standard InChI is InChI=1S/CH2O3.3Ca.2ClH.H3N.6H/c2-1(3)4;;;;;;;;;;;;/h(H2,2,3,4);;;;2*1H;1H3;;;;;;. The molecular weight excluding hydrogens is 265 g/mol. The third-order valence-electron chi connectivity index (χ3n) is 0. The number of rotatable bonds is 0. The summed E-state index contributed by atoms with van der Waals surface area (Å²) in [6.07, 6.45) is -1.83. The summed E-state index contributed by atoms with van der Waals surface area (Å²) in [5.74, 6) is 0. The zero-order chi connectivity index (χ0) is 3.58. The fraction of sp³-hybridized carbons (Fsp3) is 0. The fourth-order valence-corrected chi connectivity index (χ4v) is 0. The van der Waals surface area contributed by atoms with Gasteiger partial charge in [-0.1, -0.05) is 0 Å². The van der Waals surface area contributed by atoms with Gasteiger partial charge in [0.2, 0.25) is 0 Å². The molecule has 0 rings (SSSR count). The van der Waals surface area contributed by atoms with E-state index in [1.165, 1.54) is 0 Å². The SMILES string of the molecule is Cl.Cl.N.O=C(O)O.[CaH2].[CaH2].[CaH2]. The Bertz CT molecular complexity index is 44.7. The van der Waals surface area contributed by atoms with Crippen molar-refractivity contribution in [2.45, 2.75) is 0 Å². The van der Waals surface area contributed by atoms with Gasteiger partial charge in [-0.2, -0.15) is 0 Å². The first kappa shape index (κ1) is 49.6. The summed E-state index contributed by atoms with van der Waals surface area (Å²) in [4.78, 5) is 8.56. The summed E-state index contributed by atoms with van der Waals surface area (Å²) in [6, 6.07) is 0. The molecule has 0 saturated heterocycles. The summed E-state index contributed by atoms with van der Waals surface area (Å²) in [7, 11) is 0. The van der Waals surface area contributed by atoms with Crippen LogP contribution in [-0.2, 0) is 0 Å². The molecule has 0 saturated carbocycles. The number of halogens is 2.